The van der Waals surface area contributed by atoms with Gasteiger partial charge in [-0.2, -0.15) is 5.10 Å². The van der Waals surface area contributed by atoms with Gasteiger partial charge >= 0.3 is 5.97 Å². The zero-order valence-electron chi connectivity index (χ0n) is 10.2. The summed E-state index contributed by atoms with van der Waals surface area (Å²) in [6.07, 6.45) is 3.57. The van der Waals surface area contributed by atoms with Gasteiger partial charge in [0.15, 0.2) is 0 Å². The highest BCUT2D eigenvalue weighted by atomic mass is 16.5. The maximum atomic E-state index is 11.6. The summed E-state index contributed by atoms with van der Waals surface area (Å²) >= 11 is 0. The van der Waals surface area contributed by atoms with E-state index < -0.39 is 6.04 Å². The zero-order chi connectivity index (χ0) is 12.1. The number of ether oxygens (including phenoxy) is 1. The number of likely N-dealkylation sites (N-methyl/N-ethyl adjacent to an activating group) is 1. The molecule has 5 nitrogen and oxygen atoms in total. The van der Waals surface area contributed by atoms with Crippen LogP contribution in [0.25, 0.3) is 0 Å². The molecule has 0 saturated carbocycles. The lowest BCUT2D eigenvalue weighted by Gasteiger charge is -2.13. The van der Waals surface area contributed by atoms with Gasteiger partial charge in [-0.3, -0.25) is 4.68 Å². The topological polar surface area (TPSA) is 56.1 Å². The first-order chi connectivity index (χ1) is 7.60. The zero-order valence-corrected chi connectivity index (χ0v) is 10.2. The van der Waals surface area contributed by atoms with Crippen LogP contribution in [-0.2, 0) is 9.53 Å². The normalized spacial score (nSPS) is 12.8. The highest BCUT2D eigenvalue weighted by molar-refractivity contribution is 5.77. The van der Waals surface area contributed by atoms with Crippen LogP contribution in [0.5, 0.6) is 0 Å². The number of carbonyl (C=O) groups excluding carboxylic acids is 1. The van der Waals surface area contributed by atoms with E-state index >= 15 is 0 Å². The van der Waals surface area contributed by atoms with Crippen LogP contribution in [-0.4, -0.2) is 29.4 Å². The van der Waals surface area contributed by atoms with Gasteiger partial charge in [-0.25, -0.2) is 4.79 Å². The summed E-state index contributed by atoms with van der Waals surface area (Å²) in [6, 6.07) is -0.142. The maximum absolute atomic E-state index is 11.6. The van der Waals surface area contributed by atoms with Gasteiger partial charge in [0, 0.05) is 17.8 Å². The molecule has 0 saturated heterocycles. The van der Waals surface area contributed by atoms with Crippen molar-refractivity contribution in [3.63, 3.8) is 0 Å². The molecule has 1 aromatic rings. The molecule has 0 spiro atoms. The Bertz CT molecular complexity index is 347. The molecule has 0 aliphatic heterocycles. The Morgan fingerprint density at radius 2 is 2.31 bits per heavy atom. The Morgan fingerprint density at radius 3 is 2.75 bits per heavy atom. The van der Waals surface area contributed by atoms with Crippen LogP contribution in [0.4, 0.5) is 0 Å². The van der Waals surface area contributed by atoms with Crippen molar-refractivity contribution < 1.29 is 9.53 Å². The Hall–Kier alpha value is -1.36. The number of nitrogens with one attached hydrogen (secondary N) is 1. The molecule has 0 aliphatic carbocycles. The third kappa shape index (κ3) is 2.82. The molecular weight excluding hydrogens is 206 g/mol. The van der Waals surface area contributed by atoms with Crippen molar-refractivity contribution in [3.8, 4) is 0 Å². The summed E-state index contributed by atoms with van der Waals surface area (Å²) < 4.78 is 6.57. The first kappa shape index (κ1) is 12.7. The summed E-state index contributed by atoms with van der Waals surface area (Å²) in [4.78, 5) is 11.6. The summed E-state index contributed by atoms with van der Waals surface area (Å²) in [7, 11) is 1.39. The summed E-state index contributed by atoms with van der Waals surface area (Å²) in [6.45, 7) is 6.73. The van der Waals surface area contributed by atoms with Crippen LogP contribution in [0.1, 0.15) is 38.4 Å². The van der Waals surface area contributed by atoms with Crippen LogP contribution in [0.2, 0.25) is 0 Å². The summed E-state index contributed by atoms with van der Waals surface area (Å²) in [5.74, 6) is -0.287. The SMILES string of the molecule is CCNC(C(=O)OC)c1cnn(C(C)C)c1. The number of aromatic nitrogens is 2. The standard InChI is InChI=1S/C11H19N3O2/c1-5-12-10(11(15)16-4)9-6-13-14(7-9)8(2)3/h6-8,10,12H,5H2,1-4H3. The van der Waals surface area contributed by atoms with E-state index in [1.807, 2.05) is 31.6 Å². The van der Waals surface area contributed by atoms with E-state index in [4.69, 9.17) is 4.74 Å². The molecule has 5 heteroatoms. The molecule has 1 atom stereocenters. The minimum Gasteiger partial charge on any atom is -0.468 e. The molecule has 1 rings (SSSR count). The first-order valence-electron chi connectivity index (χ1n) is 5.45. The number of hydrogen-bond donors (Lipinski definition) is 1. The number of rotatable bonds is 5. The average molecular weight is 225 g/mol. The molecular formula is C11H19N3O2. The van der Waals surface area contributed by atoms with E-state index in [1.54, 1.807) is 6.20 Å². The van der Waals surface area contributed by atoms with Crippen molar-refractivity contribution in [2.75, 3.05) is 13.7 Å². The highest BCUT2D eigenvalue weighted by Crippen LogP contribution is 2.15. The van der Waals surface area contributed by atoms with E-state index in [1.165, 1.54) is 7.11 Å². The van der Waals surface area contributed by atoms with E-state index in [2.05, 4.69) is 10.4 Å². The Morgan fingerprint density at radius 1 is 1.62 bits per heavy atom. The molecule has 0 amide bonds. The predicted molar refractivity (Wildman–Crippen MR) is 61.0 cm³/mol. The van der Waals surface area contributed by atoms with Gasteiger partial charge in [0.1, 0.15) is 6.04 Å². The second kappa shape index (κ2) is 5.65. The van der Waals surface area contributed by atoms with E-state index in [-0.39, 0.29) is 12.0 Å². The number of hydrogen-bond acceptors (Lipinski definition) is 4. The molecule has 1 aromatic heterocycles. The first-order valence-corrected chi connectivity index (χ1v) is 5.45. The fourth-order valence-corrected chi connectivity index (χ4v) is 1.44. The molecule has 0 aliphatic rings. The minimum absolute atomic E-state index is 0.286. The quantitative estimate of drug-likeness (QED) is 0.767. The third-order valence-electron chi connectivity index (χ3n) is 2.33. The second-order valence-corrected chi connectivity index (χ2v) is 3.86. The number of esters is 1. The third-order valence-corrected chi connectivity index (χ3v) is 2.33. The van der Waals surface area contributed by atoms with Gasteiger partial charge < -0.3 is 10.1 Å². The van der Waals surface area contributed by atoms with Gasteiger partial charge in [-0.05, 0) is 20.4 Å². The van der Waals surface area contributed by atoms with E-state index in [9.17, 15) is 4.79 Å². The minimum atomic E-state index is -0.428. The molecule has 1 N–H and O–H groups in total. The number of methoxy groups -OCH3 is 1. The van der Waals surface area contributed by atoms with Gasteiger partial charge in [-0.15, -0.1) is 0 Å². The van der Waals surface area contributed by atoms with E-state index in [0.29, 0.717) is 6.54 Å². The van der Waals surface area contributed by atoms with Gasteiger partial charge in [0.2, 0.25) is 0 Å². The van der Waals surface area contributed by atoms with Crippen molar-refractivity contribution >= 4 is 5.97 Å². The largest absolute Gasteiger partial charge is 0.468 e. The molecule has 0 fully saturated rings. The highest BCUT2D eigenvalue weighted by Gasteiger charge is 2.21. The monoisotopic (exact) mass is 225 g/mol. The molecule has 0 radical (unpaired) electrons. The average Bonchev–Trinajstić information content (AvgIpc) is 2.74. The Kier molecular flexibility index (Phi) is 4.49. The lowest BCUT2D eigenvalue weighted by molar-refractivity contribution is -0.143. The van der Waals surface area contributed by atoms with E-state index in [0.717, 1.165) is 5.56 Å². The number of nitrogens with zero attached hydrogens (tertiary/aromatic N) is 2. The lowest BCUT2D eigenvalue weighted by atomic mass is 10.1. The van der Waals surface area contributed by atoms with Crippen LogP contribution < -0.4 is 5.32 Å². The molecule has 1 heterocycles. The van der Waals surface area contributed by atoms with Crippen molar-refractivity contribution in [2.45, 2.75) is 32.9 Å². The maximum Gasteiger partial charge on any atom is 0.327 e. The van der Waals surface area contributed by atoms with Gasteiger partial charge in [0.25, 0.3) is 0 Å². The van der Waals surface area contributed by atoms with Gasteiger partial charge in [0.05, 0.1) is 13.3 Å². The van der Waals surface area contributed by atoms with Crippen molar-refractivity contribution in [3.05, 3.63) is 18.0 Å². The van der Waals surface area contributed by atoms with Crippen molar-refractivity contribution in [2.24, 2.45) is 0 Å². The Labute approximate surface area is 95.8 Å². The van der Waals surface area contributed by atoms with Crippen molar-refractivity contribution in [1.82, 2.24) is 15.1 Å². The van der Waals surface area contributed by atoms with Gasteiger partial charge in [-0.1, -0.05) is 6.92 Å². The second-order valence-electron chi connectivity index (χ2n) is 3.86. The van der Waals surface area contributed by atoms with Crippen molar-refractivity contribution in [1.29, 1.82) is 0 Å². The van der Waals surface area contributed by atoms with Crippen LogP contribution in [0, 0.1) is 0 Å². The molecule has 0 aromatic carbocycles. The smallest absolute Gasteiger partial charge is 0.327 e. The van der Waals surface area contributed by atoms with Crippen LogP contribution >= 0.6 is 0 Å². The summed E-state index contributed by atoms with van der Waals surface area (Å²) in [5, 5.41) is 7.28. The Balaban J connectivity index is 2.88. The molecule has 90 valence electrons. The predicted octanol–water partition coefficient (Wildman–Crippen LogP) is 1.29. The summed E-state index contributed by atoms with van der Waals surface area (Å²) in [5.41, 5.74) is 0.836. The molecule has 1 unspecified atom stereocenters. The molecule has 16 heavy (non-hydrogen) atoms. The number of carbonyl (C=O) groups is 1. The fourth-order valence-electron chi connectivity index (χ4n) is 1.44. The van der Waals surface area contributed by atoms with Crippen LogP contribution in [0.3, 0.4) is 0 Å². The molecule has 0 bridgehead atoms. The van der Waals surface area contributed by atoms with Crippen LogP contribution in [0.15, 0.2) is 12.4 Å². The lowest BCUT2D eigenvalue weighted by Crippen LogP contribution is -2.29. The fraction of sp³-hybridized carbons (Fsp3) is 0.636.